The second kappa shape index (κ2) is 11.6. The van der Waals surface area contributed by atoms with Gasteiger partial charge in [-0.15, -0.1) is 0 Å². The number of nitrogens with zero attached hydrogens (tertiary/aromatic N) is 2. The molecular weight excluding hydrogens is 462 g/mol. The molecule has 186 valence electrons. The number of piperidine rings is 3. The molecule has 4 heterocycles. The molecule has 0 aromatic heterocycles. The average molecular weight is 494 g/mol. The maximum atomic E-state index is 13.1. The number of benzene rings is 1. The van der Waals surface area contributed by atoms with E-state index in [9.17, 15) is 14.4 Å². The monoisotopic (exact) mass is 493 g/mol. The molecule has 0 radical (unpaired) electrons. The van der Waals surface area contributed by atoms with Crippen LogP contribution < -0.4 is 15.0 Å². The summed E-state index contributed by atoms with van der Waals surface area (Å²) >= 11 is 6.36. The van der Waals surface area contributed by atoms with Crippen LogP contribution in [0.25, 0.3) is 0 Å². The van der Waals surface area contributed by atoms with Crippen LogP contribution in [0.2, 0.25) is 5.02 Å². The Morgan fingerprint density at radius 3 is 2.32 bits per heavy atom. The van der Waals surface area contributed by atoms with Crippen LogP contribution >= 0.6 is 11.6 Å². The number of amides is 1. The van der Waals surface area contributed by atoms with Crippen LogP contribution in [0.1, 0.15) is 37.0 Å². The van der Waals surface area contributed by atoms with Gasteiger partial charge in [-0.2, -0.15) is 0 Å². The lowest BCUT2D eigenvalue weighted by atomic mass is 9.84. The first-order chi connectivity index (χ1) is 16.1. The molecule has 5 rings (SSSR count). The SMILES string of the molecule is CC(C)CN1CCOc2c(C(=O)NC3CN4CCC3CC4)cc(Cl)cc21.O=C(O)C=CC(=O)O. The lowest BCUT2D eigenvalue weighted by molar-refractivity contribution is -0.134. The number of carboxylic acids is 2. The fourth-order valence-corrected chi connectivity index (χ4v) is 4.87. The van der Waals surface area contributed by atoms with Crippen LogP contribution in [0.5, 0.6) is 5.75 Å². The molecule has 4 aliphatic heterocycles. The summed E-state index contributed by atoms with van der Waals surface area (Å²) in [6.45, 7) is 10.0. The Bertz CT molecular complexity index is 927. The molecule has 9 nitrogen and oxygen atoms in total. The van der Waals surface area contributed by atoms with Crippen molar-refractivity contribution in [2.45, 2.75) is 32.7 Å². The van der Waals surface area contributed by atoms with Gasteiger partial charge in [-0.1, -0.05) is 25.4 Å². The lowest BCUT2D eigenvalue weighted by Crippen LogP contribution is -2.57. The summed E-state index contributed by atoms with van der Waals surface area (Å²) in [5.74, 6) is -0.768. The number of carboxylic acid groups (broad SMARTS) is 2. The van der Waals surface area contributed by atoms with Crippen molar-refractivity contribution in [1.82, 2.24) is 10.2 Å². The summed E-state index contributed by atoms with van der Waals surface area (Å²) in [6.07, 6.45) is 3.47. The smallest absolute Gasteiger partial charge is 0.328 e. The van der Waals surface area contributed by atoms with E-state index in [0.717, 1.165) is 38.4 Å². The van der Waals surface area contributed by atoms with Crippen LogP contribution in [0.3, 0.4) is 0 Å². The van der Waals surface area contributed by atoms with E-state index in [1.807, 2.05) is 6.07 Å². The van der Waals surface area contributed by atoms with Crippen LogP contribution in [0.4, 0.5) is 5.69 Å². The quantitative estimate of drug-likeness (QED) is 0.517. The first kappa shape index (κ1) is 25.8. The topological polar surface area (TPSA) is 119 Å². The Morgan fingerprint density at radius 1 is 1.15 bits per heavy atom. The minimum atomic E-state index is -1.26. The molecule has 0 spiro atoms. The molecule has 1 atom stereocenters. The van der Waals surface area contributed by atoms with E-state index in [1.165, 1.54) is 12.8 Å². The number of hydrogen-bond acceptors (Lipinski definition) is 6. The first-order valence-corrected chi connectivity index (χ1v) is 11.9. The third-order valence-electron chi connectivity index (χ3n) is 6.15. The largest absolute Gasteiger partial charge is 0.489 e. The predicted octanol–water partition coefficient (Wildman–Crippen LogP) is 2.73. The maximum Gasteiger partial charge on any atom is 0.328 e. The fraction of sp³-hybridized carbons (Fsp3) is 0.542. The van der Waals surface area contributed by atoms with Gasteiger partial charge >= 0.3 is 11.9 Å². The number of rotatable bonds is 6. The molecule has 34 heavy (non-hydrogen) atoms. The van der Waals surface area contributed by atoms with Crippen LogP contribution in [-0.2, 0) is 9.59 Å². The second-order valence-corrected chi connectivity index (χ2v) is 9.65. The number of carbonyl (C=O) groups is 3. The maximum absolute atomic E-state index is 13.1. The van der Waals surface area contributed by atoms with E-state index >= 15 is 0 Å². The zero-order valence-electron chi connectivity index (χ0n) is 19.5. The normalized spacial score (nSPS) is 23.1. The third kappa shape index (κ3) is 6.87. The standard InChI is InChI=1S/C20H28ClN3O2.C4H4O4/c1-13(2)11-24-7-8-26-19-16(9-15(21)10-18(19)24)20(25)22-17-12-23-5-3-14(17)4-6-23;5-3(6)1-2-4(7)8/h9-10,13-14,17H,3-8,11-12H2,1-2H3,(H,22,25);1-2H,(H,5,6)(H,7,8). The van der Waals surface area contributed by atoms with Gasteiger partial charge in [0.2, 0.25) is 0 Å². The van der Waals surface area contributed by atoms with Crippen molar-refractivity contribution in [3.05, 3.63) is 34.9 Å². The molecule has 1 amide bonds. The highest BCUT2D eigenvalue weighted by Gasteiger charge is 2.36. The van der Waals surface area contributed by atoms with Gasteiger partial charge in [-0.05, 0) is 49.9 Å². The third-order valence-corrected chi connectivity index (χ3v) is 6.37. The molecule has 1 unspecified atom stereocenters. The van der Waals surface area contributed by atoms with Crippen molar-refractivity contribution < 1.29 is 29.3 Å². The van der Waals surface area contributed by atoms with Gasteiger partial charge in [0.1, 0.15) is 6.61 Å². The van der Waals surface area contributed by atoms with Gasteiger partial charge in [-0.3, -0.25) is 4.79 Å². The summed E-state index contributed by atoms with van der Waals surface area (Å²) in [6, 6.07) is 3.90. The lowest BCUT2D eigenvalue weighted by Gasteiger charge is -2.45. The molecule has 3 N–H and O–H groups in total. The number of fused-ring (bicyclic) bond motifs is 4. The minimum Gasteiger partial charge on any atom is -0.489 e. The van der Waals surface area contributed by atoms with Gasteiger partial charge in [-0.25, -0.2) is 9.59 Å². The molecule has 0 saturated carbocycles. The summed E-state index contributed by atoms with van der Waals surface area (Å²) in [5, 5.41) is 19.5. The summed E-state index contributed by atoms with van der Waals surface area (Å²) in [5.41, 5.74) is 1.51. The molecule has 1 aromatic rings. The second-order valence-electron chi connectivity index (χ2n) is 9.22. The van der Waals surface area contributed by atoms with Gasteiger partial charge in [0, 0.05) is 36.3 Å². The highest BCUT2D eigenvalue weighted by molar-refractivity contribution is 6.31. The number of halogens is 1. The van der Waals surface area contributed by atoms with Crippen LogP contribution in [0.15, 0.2) is 24.3 Å². The number of aliphatic carboxylic acids is 2. The van der Waals surface area contributed by atoms with Gasteiger partial charge in [0.05, 0.1) is 17.8 Å². The molecular formula is C24H32ClN3O6. The summed E-state index contributed by atoms with van der Waals surface area (Å²) in [7, 11) is 0. The fourth-order valence-electron chi connectivity index (χ4n) is 4.66. The highest BCUT2D eigenvalue weighted by atomic mass is 35.5. The predicted molar refractivity (Wildman–Crippen MR) is 129 cm³/mol. The molecule has 3 saturated heterocycles. The van der Waals surface area contributed by atoms with Crippen molar-refractivity contribution in [2.24, 2.45) is 11.8 Å². The molecule has 1 aromatic carbocycles. The highest BCUT2D eigenvalue weighted by Crippen LogP contribution is 2.38. The molecule has 10 heteroatoms. The van der Waals surface area contributed by atoms with E-state index in [1.54, 1.807) is 6.07 Å². The number of nitrogens with one attached hydrogen (secondary N) is 1. The van der Waals surface area contributed by atoms with Gasteiger partial charge in [0.25, 0.3) is 5.91 Å². The van der Waals surface area contributed by atoms with E-state index < -0.39 is 11.9 Å². The zero-order valence-corrected chi connectivity index (χ0v) is 20.3. The number of ether oxygens (including phenoxy) is 1. The van der Waals surface area contributed by atoms with Gasteiger partial charge < -0.3 is 30.1 Å². The Hall–Kier alpha value is -2.78. The van der Waals surface area contributed by atoms with Crippen molar-refractivity contribution in [3.8, 4) is 5.75 Å². The van der Waals surface area contributed by atoms with Crippen molar-refractivity contribution in [3.63, 3.8) is 0 Å². The Balaban J connectivity index is 0.000000350. The number of anilines is 1. The van der Waals surface area contributed by atoms with E-state index in [0.29, 0.717) is 46.9 Å². The van der Waals surface area contributed by atoms with Crippen LogP contribution in [0, 0.1) is 11.8 Å². The Kier molecular flexibility index (Phi) is 8.79. The molecule has 0 aliphatic carbocycles. The van der Waals surface area contributed by atoms with E-state index in [4.69, 9.17) is 26.6 Å². The number of carbonyl (C=O) groups excluding carboxylic acids is 1. The Morgan fingerprint density at radius 2 is 1.79 bits per heavy atom. The van der Waals surface area contributed by atoms with Crippen LogP contribution in [-0.4, -0.2) is 78.3 Å². The molecule has 2 bridgehead atoms. The minimum absolute atomic E-state index is 0.0612. The first-order valence-electron chi connectivity index (χ1n) is 11.5. The van der Waals surface area contributed by atoms with Crippen molar-refractivity contribution in [2.75, 3.05) is 44.2 Å². The molecule has 4 aliphatic rings. The zero-order chi connectivity index (χ0) is 24.8. The average Bonchev–Trinajstić information content (AvgIpc) is 2.78. The molecule has 3 fully saturated rings. The number of hydrogen-bond donors (Lipinski definition) is 3. The Labute approximate surface area is 204 Å². The van der Waals surface area contributed by atoms with Crippen molar-refractivity contribution >= 4 is 35.1 Å². The summed E-state index contributed by atoms with van der Waals surface area (Å²) in [4.78, 5) is 36.9. The summed E-state index contributed by atoms with van der Waals surface area (Å²) < 4.78 is 5.92. The van der Waals surface area contributed by atoms with Crippen molar-refractivity contribution in [1.29, 1.82) is 0 Å². The van der Waals surface area contributed by atoms with Gasteiger partial charge in [0.15, 0.2) is 5.75 Å². The van der Waals surface area contributed by atoms with E-state index in [2.05, 4.69) is 29.0 Å². The van der Waals surface area contributed by atoms with E-state index in [-0.39, 0.29) is 11.9 Å².